The van der Waals surface area contributed by atoms with Gasteiger partial charge in [0.15, 0.2) is 0 Å². The van der Waals surface area contributed by atoms with E-state index >= 15 is 0 Å². The first-order valence-electron chi connectivity index (χ1n) is 14.2. The zero-order valence-electron chi connectivity index (χ0n) is 22.9. The molecule has 0 bridgehead atoms. The Bertz CT molecular complexity index is 1440. The lowest BCUT2D eigenvalue weighted by atomic mass is 9.95. The van der Waals surface area contributed by atoms with Crippen LogP contribution in [0, 0.1) is 6.42 Å². The van der Waals surface area contributed by atoms with Gasteiger partial charge in [-0.25, -0.2) is 0 Å². The third-order valence-corrected chi connectivity index (χ3v) is 8.11. The Morgan fingerprint density at radius 1 is 0.897 bits per heavy atom. The summed E-state index contributed by atoms with van der Waals surface area (Å²) in [6.07, 6.45) is 7.46. The largest absolute Gasteiger partial charge is 0.369 e. The molecule has 1 aliphatic carbocycles. The average molecular weight is 512 g/mol. The van der Waals surface area contributed by atoms with E-state index in [2.05, 4.69) is 94.8 Å². The highest BCUT2D eigenvalue weighted by Crippen LogP contribution is 2.38. The van der Waals surface area contributed by atoms with Gasteiger partial charge in [-0.1, -0.05) is 73.1 Å². The van der Waals surface area contributed by atoms with E-state index in [1.54, 1.807) is 0 Å². The van der Waals surface area contributed by atoms with Gasteiger partial charge in [-0.15, -0.1) is 0 Å². The second-order valence-electron chi connectivity index (χ2n) is 10.7. The summed E-state index contributed by atoms with van der Waals surface area (Å²) in [5, 5.41) is 1.28. The summed E-state index contributed by atoms with van der Waals surface area (Å²) in [6.45, 7) is 10.4. The van der Waals surface area contributed by atoms with Crippen LogP contribution in [0.5, 0.6) is 0 Å². The number of allylic oxidation sites excluding steroid dienone is 2. The maximum atomic E-state index is 5.90. The summed E-state index contributed by atoms with van der Waals surface area (Å²) in [7, 11) is 5.90. The molecule has 195 valence electrons. The van der Waals surface area contributed by atoms with Gasteiger partial charge in [0.25, 0.3) is 0 Å². The van der Waals surface area contributed by atoms with Crippen molar-refractivity contribution in [2.45, 2.75) is 26.4 Å². The molecule has 1 fully saturated rings. The van der Waals surface area contributed by atoms with Crippen molar-refractivity contribution in [3.63, 3.8) is 0 Å². The number of benzene rings is 3. The SMILES string of the molecule is [B]c1ccc(N2CCN(Cc3cc(CN(CC)CCc4ccccc4)c(C4=C[CH]4)c4ncccc34)CC2)cc1. The van der Waals surface area contributed by atoms with Gasteiger partial charge < -0.3 is 4.90 Å². The fraction of sp³-hybridized carbons (Fsp3) is 0.294. The van der Waals surface area contributed by atoms with Gasteiger partial charge >= 0.3 is 0 Å². The molecule has 2 aliphatic rings. The number of nitrogens with zero attached hydrogens (tertiary/aromatic N) is 4. The lowest BCUT2D eigenvalue weighted by Crippen LogP contribution is -2.46. The minimum Gasteiger partial charge on any atom is -0.369 e. The van der Waals surface area contributed by atoms with Gasteiger partial charge in [-0.05, 0) is 53.4 Å². The Kier molecular flexibility index (Phi) is 7.80. The average Bonchev–Trinajstić information content (AvgIpc) is 3.82. The van der Waals surface area contributed by atoms with Crippen LogP contribution in [0.25, 0.3) is 16.5 Å². The van der Waals surface area contributed by atoms with Crippen LogP contribution in [0.1, 0.15) is 29.2 Å². The summed E-state index contributed by atoms with van der Waals surface area (Å²) in [4.78, 5) is 12.5. The van der Waals surface area contributed by atoms with E-state index in [0.29, 0.717) is 0 Å². The smallest absolute Gasteiger partial charge is 0.113 e. The van der Waals surface area contributed by atoms with Gasteiger partial charge in [-0.2, -0.15) is 0 Å². The molecule has 0 unspecified atom stereocenters. The molecule has 0 N–H and O–H groups in total. The fourth-order valence-electron chi connectivity index (χ4n) is 5.77. The first-order valence-corrected chi connectivity index (χ1v) is 14.2. The molecule has 0 atom stereocenters. The lowest BCUT2D eigenvalue weighted by Gasteiger charge is -2.36. The normalized spacial score (nSPS) is 15.6. The van der Waals surface area contributed by atoms with E-state index < -0.39 is 0 Å². The second kappa shape index (κ2) is 11.8. The summed E-state index contributed by atoms with van der Waals surface area (Å²) in [5.41, 5.74) is 10.0. The summed E-state index contributed by atoms with van der Waals surface area (Å²) in [6, 6.07) is 25.9. The van der Waals surface area contributed by atoms with E-state index in [1.807, 2.05) is 18.3 Å². The Hall–Kier alpha value is -3.41. The van der Waals surface area contributed by atoms with Crippen LogP contribution in [0.3, 0.4) is 0 Å². The van der Waals surface area contributed by atoms with Gasteiger partial charge in [-0.3, -0.25) is 14.8 Å². The Morgan fingerprint density at radius 2 is 1.67 bits per heavy atom. The van der Waals surface area contributed by atoms with Crippen LogP contribution in [-0.2, 0) is 19.5 Å². The van der Waals surface area contributed by atoms with Crippen LogP contribution >= 0.6 is 0 Å². The molecule has 0 saturated carbocycles. The van der Waals surface area contributed by atoms with E-state index in [1.165, 1.54) is 38.9 Å². The molecule has 1 saturated heterocycles. The van der Waals surface area contributed by atoms with Gasteiger partial charge in [0, 0.05) is 75.1 Å². The molecule has 0 amide bonds. The lowest BCUT2D eigenvalue weighted by molar-refractivity contribution is 0.250. The van der Waals surface area contributed by atoms with Crippen LogP contribution in [0.15, 0.2) is 85.1 Å². The van der Waals surface area contributed by atoms with Crippen molar-refractivity contribution >= 4 is 35.5 Å². The standard InChI is InChI=1S/C34H36BN4/c1-2-37(18-16-26-7-4-3-5-8-26)25-29-23-28(32-9-6-17-36-34(32)33(29)27-10-11-27)24-38-19-21-39(22-20-38)31-14-12-30(35)13-15-31/h3-15,17,23H,2,16,18-22,24-25H2,1H3. The van der Waals surface area contributed by atoms with Gasteiger partial charge in [0.1, 0.15) is 7.85 Å². The summed E-state index contributed by atoms with van der Waals surface area (Å²) >= 11 is 0. The molecule has 1 aromatic heterocycles. The molecule has 39 heavy (non-hydrogen) atoms. The molecule has 2 heterocycles. The summed E-state index contributed by atoms with van der Waals surface area (Å²) < 4.78 is 0. The number of hydrogen-bond donors (Lipinski definition) is 0. The molecule has 1 aliphatic heterocycles. The monoisotopic (exact) mass is 511 g/mol. The number of hydrogen-bond acceptors (Lipinski definition) is 4. The second-order valence-corrected chi connectivity index (χ2v) is 10.7. The quantitative estimate of drug-likeness (QED) is 0.279. The van der Waals surface area contributed by atoms with E-state index in [9.17, 15) is 0 Å². The molecule has 5 heteroatoms. The van der Waals surface area contributed by atoms with Crippen molar-refractivity contribution in [3.05, 3.63) is 114 Å². The van der Waals surface area contributed by atoms with Crippen molar-refractivity contribution in [2.75, 3.05) is 44.2 Å². The minimum atomic E-state index is 0.818. The third kappa shape index (κ3) is 6.10. The molecular formula is C34H36BN4. The molecule has 3 aromatic carbocycles. The fourth-order valence-corrected chi connectivity index (χ4v) is 5.77. The van der Waals surface area contributed by atoms with Crippen LogP contribution in [-0.4, -0.2) is 61.9 Å². The maximum absolute atomic E-state index is 5.90. The molecule has 0 spiro atoms. The highest BCUT2D eigenvalue weighted by molar-refractivity contribution is 6.32. The molecule has 4 nitrogen and oxygen atoms in total. The van der Waals surface area contributed by atoms with Crippen molar-refractivity contribution < 1.29 is 0 Å². The number of likely N-dealkylation sites (N-methyl/N-ethyl adjacent to an activating group) is 1. The zero-order valence-corrected chi connectivity index (χ0v) is 22.9. The number of piperazine rings is 1. The first-order chi connectivity index (χ1) is 19.2. The predicted octanol–water partition coefficient (Wildman–Crippen LogP) is 5.02. The summed E-state index contributed by atoms with van der Waals surface area (Å²) in [5.74, 6) is 0. The molecule has 3 radical (unpaired) electrons. The van der Waals surface area contributed by atoms with Crippen LogP contribution in [0.2, 0.25) is 0 Å². The molecular weight excluding hydrogens is 475 g/mol. The van der Waals surface area contributed by atoms with E-state index in [0.717, 1.165) is 69.8 Å². The molecule has 4 aromatic rings. The van der Waals surface area contributed by atoms with Crippen molar-refractivity contribution in [1.29, 1.82) is 0 Å². The van der Waals surface area contributed by atoms with Gasteiger partial charge in [0.05, 0.1) is 5.52 Å². The Morgan fingerprint density at radius 3 is 2.38 bits per heavy atom. The van der Waals surface area contributed by atoms with Crippen molar-refractivity contribution in [3.8, 4) is 0 Å². The number of pyridine rings is 1. The topological polar surface area (TPSA) is 22.6 Å². The zero-order chi connectivity index (χ0) is 26.6. The van der Waals surface area contributed by atoms with Crippen molar-refractivity contribution in [2.24, 2.45) is 0 Å². The highest BCUT2D eigenvalue weighted by Gasteiger charge is 2.24. The minimum absolute atomic E-state index is 0.818. The number of aromatic nitrogens is 1. The Balaban J connectivity index is 1.22. The number of fused-ring (bicyclic) bond motifs is 1. The molecule has 6 rings (SSSR count). The predicted molar refractivity (Wildman–Crippen MR) is 164 cm³/mol. The highest BCUT2D eigenvalue weighted by atomic mass is 15.3. The number of anilines is 1. The van der Waals surface area contributed by atoms with Crippen LogP contribution < -0.4 is 10.4 Å². The van der Waals surface area contributed by atoms with E-state index in [-0.39, 0.29) is 0 Å². The first kappa shape index (κ1) is 25.9. The van der Waals surface area contributed by atoms with Crippen molar-refractivity contribution in [1.82, 2.24) is 14.8 Å². The van der Waals surface area contributed by atoms with Crippen LogP contribution in [0.4, 0.5) is 5.69 Å². The maximum Gasteiger partial charge on any atom is 0.113 e. The van der Waals surface area contributed by atoms with E-state index in [4.69, 9.17) is 12.8 Å². The van der Waals surface area contributed by atoms with Gasteiger partial charge in [0.2, 0.25) is 0 Å². The number of rotatable bonds is 10. The third-order valence-electron chi connectivity index (χ3n) is 8.11. The Labute approximate surface area is 234 Å².